The molecule has 0 saturated carbocycles. The minimum absolute atomic E-state index is 0.00773. The third-order valence-electron chi connectivity index (χ3n) is 4.43. The molecule has 5 heteroatoms. The van der Waals surface area contributed by atoms with E-state index in [0.717, 1.165) is 35.0 Å². The van der Waals surface area contributed by atoms with E-state index >= 15 is 0 Å². The summed E-state index contributed by atoms with van der Waals surface area (Å²) in [6.45, 7) is 6.06. The van der Waals surface area contributed by atoms with Crippen LogP contribution in [0, 0.1) is 6.92 Å². The number of thiazole rings is 1. The van der Waals surface area contributed by atoms with Gasteiger partial charge in [-0.25, -0.2) is 4.98 Å². The molecule has 1 N–H and O–H groups in total. The van der Waals surface area contributed by atoms with Gasteiger partial charge in [0, 0.05) is 19.5 Å². The van der Waals surface area contributed by atoms with Gasteiger partial charge in [0.05, 0.1) is 10.7 Å². The Morgan fingerprint density at radius 3 is 2.71 bits per heavy atom. The molecule has 0 radical (unpaired) electrons. The van der Waals surface area contributed by atoms with Gasteiger partial charge < -0.3 is 10.2 Å². The minimum Gasteiger partial charge on any atom is -0.351 e. The lowest BCUT2D eigenvalue weighted by atomic mass is 10.1. The van der Waals surface area contributed by atoms with Crippen LogP contribution in [0.1, 0.15) is 38.8 Å². The summed E-state index contributed by atoms with van der Waals surface area (Å²) in [4.78, 5) is 20.2. The molecule has 2 aromatic rings. The monoisotopic (exact) mass is 343 g/mol. The smallest absolute Gasteiger partial charge is 0.263 e. The summed E-state index contributed by atoms with van der Waals surface area (Å²) in [7, 11) is 0. The van der Waals surface area contributed by atoms with Crippen molar-refractivity contribution in [2.24, 2.45) is 0 Å². The van der Waals surface area contributed by atoms with E-state index in [4.69, 9.17) is 0 Å². The maximum Gasteiger partial charge on any atom is 0.263 e. The van der Waals surface area contributed by atoms with E-state index in [1.165, 1.54) is 31.5 Å². The molecule has 4 nitrogen and oxygen atoms in total. The number of likely N-dealkylation sites (tertiary alicyclic amines) is 1. The van der Waals surface area contributed by atoms with E-state index in [-0.39, 0.29) is 5.91 Å². The van der Waals surface area contributed by atoms with Crippen LogP contribution in [0.3, 0.4) is 0 Å². The highest BCUT2D eigenvalue weighted by molar-refractivity contribution is 7.13. The van der Waals surface area contributed by atoms with Gasteiger partial charge in [-0.15, -0.1) is 11.3 Å². The average Bonchev–Trinajstić information content (AvgIpc) is 3.23. The molecule has 0 aliphatic carbocycles. The number of carbonyl (C=O) groups is 1. The van der Waals surface area contributed by atoms with Gasteiger partial charge in [0.25, 0.3) is 5.91 Å². The summed E-state index contributed by atoms with van der Waals surface area (Å²) in [5.74, 6) is 0.00773. The van der Waals surface area contributed by atoms with Crippen molar-refractivity contribution in [2.75, 3.05) is 26.2 Å². The second kappa shape index (κ2) is 8.40. The first kappa shape index (κ1) is 17.1. The van der Waals surface area contributed by atoms with E-state index in [0.29, 0.717) is 6.54 Å². The van der Waals surface area contributed by atoms with Crippen molar-refractivity contribution >= 4 is 17.2 Å². The number of aromatic nitrogens is 1. The summed E-state index contributed by atoms with van der Waals surface area (Å²) in [5, 5.41) is 4.10. The molecule has 24 heavy (non-hydrogen) atoms. The van der Waals surface area contributed by atoms with Crippen LogP contribution in [0.25, 0.3) is 0 Å². The van der Waals surface area contributed by atoms with Gasteiger partial charge in [-0.3, -0.25) is 4.79 Å². The Labute approximate surface area is 147 Å². The van der Waals surface area contributed by atoms with Crippen LogP contribution in [0.5, 0.6) is 0 Å². The van der Waals surface area contributed by atoms with Crippen molar-refractivity contribution in [1.29, 1.82) is 0 Å². The quantitative estimate of drug-likeness (QED) is 0.840. The molecule has 1 saturated heterocycles. The highest BCUT2D eigenvalue weighted by Crippen LogP contribution is 2.19. The molecular weight excluding hydrogens is 318 g/mol. The Bertz CT molecular complexity index is 663. The first-order valence-corrected chi connectivity index (χ1v) is 9.55. The van der Waals surface area contributed by atoms with Crippen LogP contribution in [-0.4, -0.2) is 42.0 Å². The normalized spacial score (nSPS) is 14.9. The highest BCUT2D eigenvalue weighted by Gasteiger charge is 2.16. The van der Waals surface area contributed by atoms with Gasteiger partial charge in [-0.1, -0.05) is 30.3 Å². The van der Waals surface area contributed by atoms with Gasteiger partial charge in [0.2, 0.25) is 0 Å². The molecule has 0 spiro atoms. The third kappa shape index (κ3) is 4.65. The topological polar surface area (TPSA) is 45.2 Å². The second-order valence-corrected chi connectivity index (χ2v) is 7.40. The van der Waals surface area contributed by atoms with Gasteiger partial charge in [-0.2, -0.15) is 0 Å². The fraction of sp³-hybridized carbons (Fsp3) is 0.474. The van der Waals surface area contributed by atoms with Gasteiger partial charge >= 0.3 is 0 Å². The molecule has 1 aliphatic heterocycles. The van der Waals surface area contributed by atoms with E-state index in [1.54, 1.807) is 11.3 Å². The predicted octanol–water partition coefficient (Wildman–Crippen LogP) is 3.06. The van der Waals surface area contributed by atoms with Crippen molar-refractivity contribution < 1.29 is 4.79 Å². The first-order valence-electron chi connectivity index (χ1n) is 8.73. The zero-order valence-electron chi connectivity index (χ0n) is 14.3. The van der Waals surface area contributed by atoms with Crippen molar-refractivity contribution in [3.05, 3.63) is 51.5 Å². The van der Waals surface area contributed by atoms with E-state index in [1.807, 2.05) is 25.1 Å². The number of benzene rings is 1. The molecular formula is C19H25N3OS. The number of nitrogens with one attached hydrogen (secondary N) is 1. The maximum atomic E-state index is 12.4. The zero-order valence-corrected chi connectivity index (χ0v) is 15.1. The van der Waals surface area contributed by atoms with Gasteiger partial charge in [-0.05, 0) is 44.8 Å². The zero-order chi connectivity index (χ0) is 16.8. The summed E-state index contributed by atoms with van der Waals surface area (Å²) < 4.78 is 0. The highest BCUT2D eigenvalue weighted by atomic mass is 32.1. The maximum absolute atomic E-state index is 12.4. The predicted molar refractivity (Wildman–Crippen MR) is 98.7 cm³/mol. The Morgan fingerprint density at radius 2 is 1.96 bits per heavy atom. The number of aryl methyl sites for hydroxylation is 1. The van der Waals surface area contributed by atoms with Crippen molar-refractivity contribution in [3.8, 4) is 0 Å². The number of hydrogen-bond acceptors (Lipinski definition) is 4. The lowest BCUT2D eigenvalue weighted by molar-refractivity contribution is 0.0957. The minimum atomic E-state index is 0.00773. The lowest BCUT2D eigenvalue weighted by Crippen LogP contribution is -2.25. The molecule has 1 amide bonds. The van der Waals surface area contributed by atoms with Crippen LogP contribution in [0.2, 0.25) is 0 Å². The summed E-state index contributed by atoms with van der Waals surface area (Å²) in [6, 6.07) is 10.2. The Kier molecular flexibility index (Phi) is 5.99. The summed E-state index contributed by atoms with van der Waals surface area (Å²) in [6.07, 6.45) is 4.42. The molecule has 1 aromatic heterocycles. The van der Waals surface area contributed by atoms with Crippen molar-refractivity contribution in [3.63, 3.8) is 0 Å². The second-order valence-electron chi connectivity index (χ2n) is 6.31. The number of amides is 1. The number of carbonyl (C=O) groups excluding carboxylic acids is 1. The van der Waals surface area contributed by atoms with Crippen LogP contribution in [0.15, 0.2) is 30.3 Å². The number of nitrogens with zero attached hydrogens (tertiary/aromatic N) is 2. The largest absolute Gasteiger partial charge is 0.351 e. The van der Waals surface area contributed by atoms with Crippen molar-refractivity contribution in [2.45, 2.75) is 32.6 Å². The molecule has 0 bridgehead atoms. The molecule has 1 fully saturated rings. The fourth-order valence-corrected chi connectivity index (χ4v) is 4.04. The SMILES string of the molecule is Cc1nc(CCN2CCCC2)sc1C(=O)NCCc1ccccc1. The first-order chi connectivity index (χ1) is 11.7. The summed E-state index contributed by atoms with van der Waals surface area (Å²) >= 11 is 1.55. The molecule has 0 atom stereocenters. The Balaban J connectivity index is 1.49. The summed E-state index contributed by atoms with van der Waals surface area (Å²) in [5.41, 5.74) is 2.10. The molecule has 128 valence electrons. The fourth-order valence-electron chi connectivity index (χ4n) is 3.08. The van der Waals surface area contributed by atoms with Gasteiger partial charge in [0.15, 0.2) is 0 Å². The van der Waals surface area contributed by atoms with E-state index < -0.39 is 0 Å². The Hall–Kier alpha value is -1.72. The van der Waals surface area contributed by atoms with Crippen LogP contribution in [0.4, 0.5) is 0 Å². The number of rotatable bonds is 7. The molecule has 3 rings (SSSR count). The van der Waals surface area contributed by atoms with E-state index in [2.05, 4.69) is 27.3 Å². The van der Waals surface area contributed by atoms with E-state index in [9.17, 15) is 4.79 Å². The van der Waals surface area contributed by atoms with Crippen LogP contribution in [-0.2, 0) is 12.8 Å². The standard InChI is InChI=1S/C19H25N3OS/c1-15-18(19(23)20-11-9-16-7-3-2-4-8-16)24-17(21-15)10-14-22-12-5-6-13-22/h2-4,7-8H,5-6,9-14H2,1H3,(H,20,23). The van der Waals surface area contributed by atoms with Crippen molar-refractivity contribution in [1.82, 2.24) is 15.2 Å². The van der Waals surface area contributed by atoms with Gasteiger partial charge in [0.1, 0.15) is 4.88 Å². The van der Waals surface area contributed by atoms with Crippen LogP contribution >= 0.6 is 11.3 Å². The molecule has 0 unspecified atom stereocenters. The molecule has 1 aromatic carbocycles. The molecule has 2 heterocycles. The average molecular weight is 343 g/mol. The molecule has 1 aliphatic rings. The Morgan fingerprint density at radius 1 is 1.21 bits per heavy atom. The lowest BCUT2D eigenvalue weighted by Gasteiger charge is -2.12. The number of hydrogen-bond donors (Lipinski definition) is 1. The van der Waals surface area contributed by atoms with Crippen LogP contribution < -0.4 is 5.32 Å². The third-order valence-corrected chi connectivity index (χ3v) is 5.65.